The van der Waals surface area contributed by atoms with E-state index in [0.717, 1.165) is 6.42 Å². The van der Waals surface area contributed by atoms with Gasteiger partial charge >= 0.3 is 0 Å². The molecule has 0 unspecified atom stereocenters. The lowest BCUT2D eigenvalue weighted by Gasteiger charge is -2.23. The maximum atomic E-state index is 3.84. The van der Waals surface area contributed by atoms with Gasteiger partial charge in [0.2, 0.25) is 0 Å². The molecule has 0 saturated carbocycles. The van der Waals surface area contributed by atoms with Gasteiger partial charge in [0.15, 0.2) is 0 Å². The van der Waals surface area contributed by atoms with E-state index in [2.05, 4.69) is 51.6 Å². The van der Waals surface area contributed by atoms with Crippen LogP contribution in [0.4, 0.5) is 0 Å². The first-order chi connectivity index (χ1) is 5.67. The van der Waals surface area contributed by atoms with Crippen molar-refractivity contribution in [3.63, 3.8) is 0 Å². The highest BCUT2D eigenvalue weighted by atomic mass is 28.3. The third kappa shape index (κ3) is 6.05. The highest BCUT2D eigenvalue weighted by Crippen LogP contribution is 2.21. The molecule has 0 atom stereocenters. The van der Waals surface area contributed by atoms with Gasteiger partial charge in [-0.1, -0.05) is 56.3 Å². The fourth-order valence-electron chi connectivity index (χ4n) is 1.26. The molecular weight excluding hydrogens is 188 g/mol. The van der Waals surface area contributed by atoms with E-state index in [-0.39, 0.29) is 0 Å². The monoisotopic (exact) mass is 212 g/mol. The first-order valence-corrected chi connectivity index (χ1v) is 12.1. The molecule has 0 spiro atoms. The predicted octanol–water partition coefficient (Wildman–Crippen LogP) is 4.24. The highest BCUT2D eigenvalue weighted by molar-refractivity contribution is 6.87. The Bertz CT molecular complexity index is 201. The predicted molar refractivity (Wildman–Crippen MR) is 69.6 cm³/mol. The Balaban J connectivity index is 4.81. The van der Waals surface area contributed by atoms with Crippen LogP contribution in [0.2, 0.25) is 39.3 Å². The van der Waals surface area contributed by atoms with Gasteiger partial charge in [-0.15, -0.1) is 6.58 Å². The van der Waals surface area contributed by atoms with Crippen molar-refractivity contribution >= 4 is 16.1 Å². The van der Waals surface area contributed by atoms with Crippen molar-refractivity contribution in [1.29, 1.82) is 0 Å². The molecule has 0 N–H and O–H groups in total. The van der Waals surface area contributed by atoms with Crippen LogP contribution < -0.4 is 0 Å². The number of rotatable bonds is 4. The molecule has 0 aliphatic heterocycles. The second-order valence-corrected chi connectivity index (χ2v) is 15.9. The van der Waals surface area contributed by atoms with E-state index < -0.39 is 16.1 Å². The standard InChI is InChI=1S/C11H24Si2/c1-8-9-11(13(5,6)7)10-12(2,3)4/h8,10H,1,9H2,2-7H3/b11-10-. The van der Waals surface area contributed by atoms with Gasteiger partial charge in [-0.25, -0.2) is 0 Å². The smallest absolute Gasteiger partial charge is 0.0719 e. The van der Waals surface area contributed by atoms with Crippen LogP contribution in [0.15, 0.2) is 23.6 Å². The maximum absolute atomic E-state index is 3.84. The van der Waals surface area contributed by atoms with Gasteiger partial charge in [-0.3, -0.25) is 0 Å². The molecule has 13 heavy (non-hydrogen) atoms. The number of hydrogen-bond donors (Lipinski definition) is 0. The molecule has 0 saturated heterocycles. The van der Waals surface area contributed by atoms with Crippen LogP contribution in [0.5, 0.6) is 0 Å². The van der Waals surface area contributed by atoms with Crippen LogP contribution in [0.3, 0.4) is 0 Å². The second-order valence-electron chi connectivity index (χ2n) is 5.78. The third-order valence-electron chi connectivity index (χ3n) is 1.93. The van der Waals surface area contributed by atoms with E-state index in [9.17, 15) is 0 Å². The van der Waals surface area contributed by atoms with Gasteiger partial charge in [0, 0.05) is 0 Å². The van der Waals surface area contributed by atoms with E-state index in [1.807, 2.05) is 6.08 Å². The molecule has 0 aliphatic rings. The van der Waals surface area contributed by atoms with Gasteiger partial charge < -0.3 is 0 Å². The molecule has 0 rings (SSSR count). The molecule has 0 fully saturated rings. The fourth-order valence-corrected chi connectivity index (χ4v) is 6.21. The molecule has 0 aromatic carbocycles. The molecule has 0 bridgehead atoms. The molecule has 0 radical (unpaired) electrons. The summed E-state index contributed by atoms with van der Waals surface area (Å²) in [5.41, 5.74) is 2.57. The van der Waals surface area contributed by atoms with E-state index in [1.54, 1.807) is 5.20 Å². The molecule has 0 amide bonds. The van der Waals surface area contributed by atoms with Gasteiger partial charge in [0.25, 0.3) is 0 Å². The summed E-state index contributed by atoms with van der Waals surface area (Å²) in [5.74, 6) is 0. The molecular formula is C11H24Si2. The minimum Gasteiger partial charge on any atom is -0.103 e. The van der Waals surface area contributed by atoms with E-state index in [1.165, 1.54) is 0 Å². The van der Waals surface area contributed by atoms with E-state index in [4.69, 9.17) is 0 Å². The summed E-state index contributed by atoms with van der Waals surface area (Å²) < 4.78 is 0. The summed E-state index contributed by atoms with van der Waals surface area (Å²) in [6, 6.07) is 0. The van der Waals surface area contributed by atoms with Gasteiger partial charge in [0.05, 0.1) is 16.1 Å². The first-order valence-electron chi connectivity index (χ1n) is 5.00. The Labute approximate surface area is 85.8 Å². The summed E-state index contributed by atoms with van der Waals surface area (Å²) in [4.78, 5) is 0. The Kier molecular flexibility index (Phi) is 4.39. The van der Waals surface area contributed by atoms with Crippen molar-refractivity contribution in [1.82, 2.24) is 0 Å². The molecule has 0 aliphatic carbocycles. The maximum Gasteiger partial charge on any atom is 0.0719 e. The largest absolute Gasteiger partial charge is 0.103 e. The van der Waals surface area contributed by atoms with Gasteiger partial charge in [0.1, 0.15) is 0 Å². The third-order valence-corrected chi connectivity index (χ3v) is 5.71. The Morgan fingerprint density at radius 1 is 1.08 bits per heavy atom. The lowest BCUT2D eigenvalue weighted by Crippen LogP contribution is -2.28. The van der Waals surface area contributed by atoms with Crippen LogP contribution in [0.25, 0.3) is 0 Å². The Hall–Kier alpha value is -0.0862. The Morgan fingerprint density at radius 3 is 1.77 bits per heavy atom. The average Bonchev–Trinajstić information content (AvgIpc) is 1.81. The number of allylic oxidation sites excluding steroid dienone is 2. The van der Waals surface area contributed by atoms with Crippen molar-refractivity contribution in [3.8, 4) is 0 Å². The second kappa shape index (κ2) is 4.42. The van der Waals surface area contributed by atoms with Crippen LogP contribution >= 0.6 is 0 Å². The molecule has 0 heterocycles. The quantitative estimate of drug-likeness (QED) is 0.483. The average molecular weight is 212 g/mol. The van der Waals surface area contributed by atoms with E-state index >= 15 is 0 Å². The summed E-state index contributed by atoms with van der Waals surface area (Å²) in [6.07, 6.45) is 3.14. The lowest BCUT2D eigenvalue weighted by atomic mass is 10.4. The van der Waals surface area contributed by atoms with Crippen molar-refractivity contribution in [2.45, 2.75) is 45.7 Å². The zero-order chi connectivity index (χ0) is 10.7. The molecule has 0 aromatic rings. The van der Waals surface area contributed by atoms with Crippen molar-refractivity contribution in [2.75, 3.05) is 0 Å². The minimum atomic E-state index is -1.09. The summed E-state index contributed by atoms with van der Waals surface area (Å²) in [7, 11) is -2.14. The molecule has 76 valence electrons. The van der Waals surface area contributed by atoms with E-state index in [0.29, 0.717) is 0 Å². The summed E-state index contributed by atoms with van der Waals surface area (Å²) in [5, 5.41) is 1.68. The zero-order valence-corrected chi connectivity index (χ0v) is 12.1. The normalized spacial score (nSPS) is 14.5. The number of hydrogen-bond acceptors (Lipinski definition) is 0. The molecule has 2 heteroatoms. The van der Waals surface area contributed by atoms with Crippen LogP contribution in [-0.4, -0.2) is 16.1 Å². The lowest BCUT2D eigenvalue weighted by molar-refractivity contribution is 1.32. The SMILES string of the molecule is C=CC/C(=C/[Si](C)(C)C)[Si](C)(C)C. The van der Waals surface area contributed by atoms with Crippen molar-refractivity contribution < 1.29 is 0 Å². The molecule has 0 nitrogen and oxygen atoms in total. The summed E-state index contributed by atoms with van der Waals surface area (Å²) in [6.45, 7) is 18.3. The van der Waals surface area contributed by atoms with Crippen LogP contribution in [0.1, 0.15) is 6.42 Å². The van der Waals surface area contributed by atoms with Crippen molar-refractivity contribution in [2.24, 2.45) is 0 Å². The summed E-state index contributed by atoms with van der Waals surface area (Å²) >= 11 is 0. The van der Waals surface area contributed by atoms with Crippen molar-refractivity contribution in [3.05, 3.63) is 23.6 Å². The Morgan fingerprint density at radius 2 is 1.54 bits per heavy atom. The fraction of sp³-hybridized carbons (Fsp3) is 0.636. The highest BCUT2D eigenvalue weighted by Gasteiger charge is 2.21. The van der Waals surface area contributed by atoms with Crippen LogP contribution in [-0.2, 0) is 0 Å². The van der Waals surface area contributed by atoms with Gasteiger partial charge in [-0.2, -0.15) is 0 Å². The van der Waals surface area contributed by atoms with Gasteiger partial charge in [-0.05, 0) is 6.42 Å². The topological polar surface area (TPSA) is 0 Å². The minimum absolute atomic E-state index is 1.04. The molecule has 0 aromatic heterocycles. The first kappa shape index (κ1) is 12.9. The van der Waals surface area contributed by atoms with Crippen LogP contribution in [0, 0.1) is 0 Å². The zero-order valence-electron chi connectivity index (χ0n) is 10.1.